The number of aliphatic hydroxyl groups excluding tert-OH is 4. The molecule has 1 saturated carbocycles. The van der Waals surface area contributed by atoms with Crippen LogP contribution in [-0.2, 0) is 19.1 Å². The fourth-order valence-electron chi connectivity index (χ4n) is 5.73. The number of rotatable bonds is 27. The maximum Gasteiger partial charge on any atom is 0.305 e. The van der Waals surface area contributed by atoms with E-state index in [1.165, 1.54) is 44.9 Å². The molecule has 0 saturated heterocycles. The highest BCUT2D eigenvalue weighted by Gasteiger charge is 2.39. The molecule has 0 bridgehead atoms. The first kappa shape index (κ1) is 40.3. The minimum Gasteiger partial charge on any atom is -0.463 e. The van der Waals surface area contributed by atoms with Crippen LogP contribution in [0.5, 0.6) is 0 Å². The SMILES string of the molecule is CCCCCCCCCCCCC(=O)OC[C@H](O)COC(=O)CCC/C=C/C[C@@H]1[C@@H](/C=C/[C@@H](O)CCCCC)[C@H](O)C[C@@H]1O. The van der Waals surface area contributed by atoms with E-state index in [1.54, 1.807) is 6.08 Å². The van der Waals surface area contributed by atoms with Crippen LogP contribution in [0.2, 0.25) is 0 Å². The third-order valence-corrected chi connectivity index (χ3v) is 8.51. The molecule has 4 N–H and O–H groups in total. The van der Waals surface area contributed by atoms with Gasteiger partial charge in [-0.25, -0.2) is 0 Å². The van der Waals surface area contributed by atoms with E-state index in [0.29, 0.717) is 38.5 Å². The summed E-state index contributed by atoms with van der Waals surface area (Å²) >= 11 is 0. The van der Waals surface area contributed by atoms with Gasteiger partial charge in [-0.1, -0.05) is 115 Å². The first-order valence-electron chi connectivity index (χ1n) is 17.6. The average Bonchev–Trinajstić information content (AvgIpc) is 3.27. The van der Waals surface area contributed by atoms with Crippen LogP contribution in [0, 0.1) is 11.8 Å². The van der Waals surface area contributed by atoms with Crippen molar-refractivity contribution >= 4 is 11.9 Å². The molecule has 0 aliphatic heterocycles. The van der Waals surface area contributed by atoms with E-state index in [1.807, 2.05) is 18.2 Å². The number of esters is 2. The van der Waals surface area contributed by atoms with Gasteiger partial charge < -0.3 is 29.9 Å². The van der Waals surface area contributed by atoms with Gasteiger partial charge in [0.05, 0.1) is 18.3 Å². The normalized spacial score (nSPS) is 21.7. The Morgan fingerprint density at radius 1 is 0.727 bits per heavy atom. The fraction of sp³-hybridized carbons (Fsp3) is 0.833. The van der Waals surface area contributed by atoms with Gasteiger partial charge in [-0.15, -0.1) is 0 Å². The zero-order valence-corrected chi connectivity index (χ0v) is 27.8. The highest BCUT2D eigenvalue weighted by molar-refractivity contribution is 5.69. The van der Waals surface area contributed by atoms with Crippen molar-refractivity contribution in [2.45, 2.75) is 167 Å². The monoisotopic (exact) mass is 624 g/mol. The zero-order valence-electron chi connectivity index (χ0n) is 27.8. The molecule has 1 aliphatic rings. The van der Waals surface area contributed by atoms with Crippen molar-refractivity contribution in [2.24, 2.45) is 11.8 Å². The lowest BCUT2D eigenvalue weighted by Crippen LogP contribution is -2.25. The minimum atomic E-state index is -1.04. The van der Waals surface area contributed by atoms with Crippen LogP contribution in [0.15, 0.2) is 24.3 Å². The Morgan fingerprint density at radius 2 is 1.27 bits per heavy atom. The van der Waals surface area contributed by atoms with Crippen molar-refractivity contribution in [1.82, 2.24) is 0 Å². The summed E-state index contributed by atoms with van der Waals surface area (Å²) in [5.41, 5.74) is 0. The van der Waals surface area contributed by atoms with Gasteiger partial charge in [0.15, 0.2) is 0 Å². The third-order valence-electron chi connectivity index (χ3n) is 8.51. The summed E-state index contributed by atoms with van der Waals surface area (Å²) in [6.07, 6.45) is 23.3. The van der Waals surface area contributed by atoms with E-state index >= 15 is 0 Å². The molecule has 0 aromatic heterocycles. The predicted octanol–water partition coefficient (Wildman–Crippen LogP) is 6.72. The Labute approximate surface area is 267 Å². The number of ether oxygens (including phenoxy) is 2. The van der Waals surface area contributed by atoms with Crippen molar-refractivity contribution in [3.05, 3.63) is 24.3 Å². The second-order valence-corrected chi connectivity index (χ2v) is 12.6. The smallest absolute Gasteiger partial charge is 0.305 e. The van der Waals surface area contributed by atoms with Gasteiger partial charge in [-0.05, 0) is 38.0 Å². The number of carbonyl (C=O) groups excluding carboxylic acids is 2. The molecule has 0 aromatic carbocycles. The molecule has 1 rings (SSSR count). The summed E-state index contributed by atoms with van der Waals surface area (Å²) in [5, 5.41) is 41.0. The van der Waals surface area contributed by atoms with Crippen molar-refractivity contribution in [3.8, 4) is 0 Å². The minimum absolute atomic E-state index is 0.115. The molecule has 1 fully saturated rings. The molecule has 44 heavy (non-hydrogen) atoms. The Hall–Kier alpha value is -1.74. The van der Waals surface area contributed by atoms with E-state index in [9.17, 15) is 30.0 Å². The van der Waals surface area contributed by atoms with E-state index in [-0.39, 0.29) is 37.4 Å². The lowest BCUT2D eigenvalue weighted by atomic mass is 9.89. The summed E-state index contributed by atoms with van der Waals surface area (Å²) in [6.45, 7) is 3.96. The third kappa shape index (κ3) is 20.3. The Bertz CT molecular complexity index is 782. The Morgan fingerprint density at radius 3 is 1.89 bits per heavy atom. The van der Waals surface area contributed by atoms with Crippen molar-refractivity contribution in [1.29, 1.82) is 0 Å². The molecule has 0 amide bonds. The van der Waals surface area contributed by atoms with E-state index < -0.39 is 30.4 Å². The molecule has 0 unspecified atom stereocenters. The molecule has 0 heterocycles. The van der Waals surface area contributed by atoms with Gasteiger partial charge in [0.1, 0.15) is 19.3 Å². The Kier molecular flexibility index (Phi) is 24.2. The van der Waals surface area contributed by atoms with Gasteiger partial charge in [0.25, 0.3) is 0 Å². The first-order chi connectivity index (χ1) is 21.3. The lowest BCUT2D eigenvalue weighted by Gasteiger charge is -2.19. The second kappa shape index (κ2) is 26.5. The number of aliphatic hydroxyl groups is 4. The molecular formula is C36H64O8. The van der Waals surface area contributed by atoms with Crippen LogP contribution in [0.25, 0.3) is 0 Å². The highest BCUT2D eigenvalue weighted by Crippen LogP contribution is 2.36. The Balaban J connectivity index is 2.12. The molecular weight excluding hydrogens is 560 g/mol. The van der Waals surface area contributed by atoms with Crippen LogP contribution < -0.4 is 0 Å². The summed E-state index contributed by atoms with van der Waals surface area (Å²) in [4.78, 5) is 23.9. The van der Waals surface area contributed by atoms with Crippen molar-refractivity contribution in [3.63, 3.8) is 0 Å². The highest BCUT2D eigenvalue weighted by atomic mass is 16.6. The summed E-state index contributed by atoms with van der Waals surface area (Å²) < 4.78 is 10.2. The zero-order chi connectivity index (χ0) is 32.4. The first-order valence-corrected chi connectivity index (χ1v) is 17.6. The van der Waals surface area contributed by atoms with Crippen LogP contribution in [-0.4, -0.2) is 70.0 Å². The molecule has 8 heteroatoms. The van der Waals surface area contributed by atoms with E-state index in [2.05, 4.69) is 13.8 Å². The van der Waals surface area contributed by atoms with Gasteiger partial charge in [-0.3, -0.25) is 9.59 Å². The van der Waals surface area contributed by atoms with Crippen LogP contribution in [0.3, 0.4) is 0 Å². The van der Waals surface area contributed by atoms with Gasteiger partial charge in [0.2, 0.25) is 0 Å². The number of allylic oxidation sites excluding steroid dienone is 2. The van der Waals surface area contributed by atoms with Crippen LogP contribution >= 0.6 is 0 Å². The molecule has 0 spiro atoms. The second-order valence-electron chi connectivity index (χ2n) is 12.6. The van der Waals surface area contributed by atoms with Gasteiger partial charge >= 0.3 is 11.9 Å². The molecule has 8 nitrogen and oxygen atoms in total. The van der Waals surface area contributed by atoms with Crippen molar-refractivity contribution < 1.29 is 39.5 Å². The predicted molar refractivity (Wildman–Crippen MR) is 175 cm³/mol. The standard InChI is InChI=1S/C36H64O8/c1-3-5-7-8-9-10-11-12-13-18-22-35(41)43-27-30(38)28-44-36(42)23-19-15-14-17-21-31-32(34(40)26-33(31)39)25-24-29(37)20-16-6-4-2/h14,17,24-25,29-34,37-40H,3-13,15-16,18-23,26-28H2,1-2H3/b17-14+,25-24+/t29-,30-,31+,32+,33-,34+/m0/s1. The van der Waals surface area contributed by atoms with E-state index in [0.717, 1.165) is 38.5 Å². The lowest BCUT2D eigenvalue weighted by molar-refractivity contribution is -0.152. The number of hydrogen-bond donors (Lipinski definition) is 4. The topological polar surface area (TPSA) is 134 Å². The largest absolute Gasteiger partial charge is 0.463 e. The molecule has 0 radical (unpaired) electrons. The van der Waals surface area contributed by atoms with Gasteiger partial charge in [0, 0.05) is 25.2 Å². The summed E-state index contributed by atoms with van der Waals surface area (Å²) in [6, 6.07) is 0. The summed E-state index contributed by atoms with van der Waals surface area (Å²) in [7, 11) is 0. The molecule has 6 atom stereocenters. The van der Waals surface area contributed by atoms with E-state index in [4.69, 9.17) is 9.47 Å². The van der Waals surface area contributed by atoms with Crippen LogP contribution in [0.1, 0.15) is 142 Å². The maximum atomic E-state index is 12.0. The quantitative estimate of drug-likeness (QED) is 0.0450. The average molecular weight is 625 g/mol. The number of unbranched alkanes of at least 4 members (excludes halogenated alkanes) is 12. The van der Waals surface area contributed by atoms with Crippen molar-refractivity contribution in [2.75, 3.05) is 13.2 Å². The number of hydrogen-bond acceptors (Lipinski definition) is 8. The fourth-order valence-corrected chi connectivity index (χ4v) is 5.73. The molecule has 256 valence electrons. The van der Waals surface area contributed by atoms with Crippen LogP contribution in [0.4, 0.5) is 0 Å². The van der Waals surface area contributed by atoms with Gasteiger partial charge in [-0.2, -0.15) is 0 Å². The maximum absolute atomic E-state index is 12.0. The number of carbonyl (C=O) groups is 2. The molecule has 1 aliphatic carbocycles. The summed E-state index contributed by atoms with van der Waals surface area (Å²) in [5.74, 6) is -1.05. The molecule has 0 aromatic rings.